The third-order valence-electron chi connectivity index (χ3n) is 5.44. The van der Waals surface area contributed by atoms with Crippen LogP contribution in [0, 0.1) is 13.8 Å². The standard InChI is InChI=1S/C25H24ClN3O2/c1-5-8-21-28-23-15(2)22(26)16(3)27-24(23)29(21)18-13-11-17(12-14-18)19-9-6-7-10-20(19)25(30)31-4/h6-7,9-14H,5,8H2,1-4H3. The second-order valence-electron chi connectivity index (χ2n) is 7.51. The van der Waals surface area contributed by atoms with Crippen molar-refractivity contribution in [3.63, 3.8) is 0 Å². The van der Waals surface area contributed by atoms with Crippen molar-refractivity contribution in [1.82, 2.24) is 14.5 Å². The Labute approximate surface area is 186 Å². The topological polar surface area (TPSA) is 57.0 Å². The molecule has 0 radical (unpaired) electrons. The first-order valence-corrected chi connectivity index (χ1v) is 10.7. The van der Waals surface area contributed by atoms with Crippen molar-refractivity contribution >= 4 is 28.7 Å². The number of hydrogen-bond acceptors (Lipinski definition) is 4. The summed E-state index contributed by atoms with van der Waals surface area (Å²) in [5.41, 5.74) is 6.67. The van der Waals surface area contributed by atoms with E-state index in [2.05, 4.69) is 11.5 Å². The van der Waals surface area contributed by atoms with E-state index >= 15 is 0 Å². The van der Waals surface area contributed by atoms with Gasteiger partial charge < -0.3 is 4.74 Å². The van der Waals surface area contributed by atoms with Crippen LogP contribution >= 0.6 is 11.6 Å². The highest BCUT2D eigenvalue weighted by molar-refractivity contribution is 6.32. The molecule has 0 unspecified atom stereocenters. The molecule has 0 saturated heterocycles. The fourth-order valence-corrected chi connectivity index (χ4v) is 4.00. The summed E-state index contributed by atoms with van der Waals surface area (Å²) in [6.07, 6.45) is 1.80. The molecular weight excluding hydrogens is 410 g/mol. The number of esters is 1. The fraction of sp³-hybridized carbons (Fsp3) is 0.240. The van der Waals surface area contributed by atoms with Crippen molar-refractivity contribution in [3.8, 4) is 16.8 Å². The van der Waals surface area contributed by atoms with Gasteiger partial charge >= 0.3 is 5.97 Å². The van der Waals surface area contributed by atoms with Crippen LogP contribution in [0.5, 0.6) is 0 Å². The van der Waals surface area contributed by atoms with Crippen LogP contribution in [-0.2, 0) is 11.2 Å². The van der Waals surface area contributed by atoms with Crippen LogP contribution in [-0.4, -0.2) is 27.6 Å². The number of rotatable bonds is 5. The number of imidazole rings is 1. The van der Waals surface area contributed by atoms with Gasteiger partial charge in [-0.15, -0.1) is 0 Å². The van der Waals surface area contributed by atoms with Crippen molar-refractivity contribution in [2.45, 2.75) is 33.6 Å². The average Bonchev–Trinajstić information content (AvgIpc) is 3.15. The molecule has 4 aromatic rings. The number of ether oxygens (including phenoxy) is 1. The van der Waals surface area contributed by atoms with E-state index in [9.17, 15) is 4.79 Å². The molecule has 4 rings (SSSR count). The summed E-state index contributed by atoms with van der Waals surface area (Å²) in [6.45, 7) is 6.03. The molecule has 0 saturated carbocycles. The molecule has 0 aliphatic carbocycles. The van der Waals surface area contributed by atoms with Gasteiger partial charge in [0.1, 0.15) is 11.3 Å². The lowest BCUT2D eigenvalue weighted by atomic mass is 9.99. The maximum absolute atomic E-state index is 12.2. The summed E-state index contributed by atoms with van der Waals surface area (Å²) in [6, 6.07) is 15.5. The number of fused-ring (bicyclic) bond motifs is 1. The molecule has 158 valence electrons. The lowest BCUT2D eigenvalue weighted by molar-refractivity contribution is 0.0601. The zero-order valence-corrected chi connectivity index (χ0v) is 18.8. The second kappa shape index (κ2) is 8.52. The van der Waals surface area contributed by atoms with Crippen molar-refractivity contribution in [2.75, 3.05) is 7.11 Å². The Morgan fingerprint density at radius 3 is 2.45 bits per heavy atom. The predicted octanol–water partition coefficient (Wildman–Crippen LogP) is 6.10. The number of methoxy groups -OCH3 is 1. The molecule has 0 bridgehead atoms. The minimum atomic E-state index is -0.349. The van der Waals surface area contributed by atoms with Crippen molar-refractivity contribution in [3.05, 3.63) is 76.2 Å². The van der Waals surface area contributed by atoms with Crippen LogP contribution in [0.25, 0.3) is 28.0 Å². The molecule has 2 aromatic carbocycles. The first kappa shape index (κ1) is 21.1. The molecule has 0 spiro atoms. The van der Waals surface area contributed by atoms with Gasteiger partial charge in [-0.05, 0) is 55.2 Å². The number of nitrogens with zero attached hydrogens (tertiary/aromatic N) is 3. The SMILES string of the molecule is CCCc1nc2c(C)c(Cl)c(C)nc2n1-c1ccc(-c2ccccc2C(=O)OC)cc1. The molecule has 0 amide bonds. The highest BCUT2D eigenvalue weighted by atomic mass is 35.5. The van der Waals surface area contributed by atoms with Crippen molar-refractivity contribution < 1.29 is 9.53 Å². The molecule has 2 heterocycles. The number of benzene rings is 2. The summed E-state index contributed by atoms with van der Waals surface area (Å²) in [4.78, 5) is 21.8. The molecule has 5 nitrogen and oxygen atoms in total. The zero-order valence-electron chi connectivity index (χ0n) is 18.1. The third kappa shape index (κ3) is 3.70. The first-order valence-electron chi connectivity index (χ1n) is 10.3. The van der Waals surface area contributed by atoms with E-state index in [1.165, 1.54) is 7.11 Å². The van der Waals surface area contributed by atoms with Gasteiger partial charge in [0.05, 0.1) is 23.4 Å². The van der Waals surface area contributed by atoms with Gasteiger partial charge in [0.25, 0.3) is 0 Å². The Morgan fingerprint density at radius 1 is 1.06 bits per heavy atom. The first-order chi connectivity index (χ1) is 15.0. The van der Waals surface area contributed by atoms with E-state index in [0.717, 1.165) is 57.9 Å². The van der Waals surface area contributed by atoms with Gasteiger partial charge in [-0.2, -0.15) is 0 Å². The maximum atomic E-state index is 12.2. The third-order valence-corrected chi connectivity index (χ3v) is 6.00. The lowest BCUT2D eigenvalue weighted by Crippen LogP contribution is -2.04. The predicted molar refractivity (Wildman–Crippen MR) is 124 cm³/mol. The van der Waals surface area contributed by atoms with Crippen molar-refractivity contribution in [1.29, 1.82) is 0 Å². The summed E-state index contributed by atoms with van der Waals surface area (Å²) >= 11 is 6.43. The van der Waals surface area contributed by atoms with E-state index in [1.54, 1.807) is 6.07 Å². The average molecular weight is 434 g/mol. The molecule has 0 aliphatic rings. The summed E-state index contributed by atoms with van der Waals surface area (Å²) in [7, 11) is 1.39. The summed E-state index contributed by atoms with van der Waals surface area (Å²) in [5, 5.41) is 0.662. The number of carbonyl (C=O) groups is 1. The van der Waals surface area contributed by atoms with Gasteiger partial charge in [0, 0.05) is 12.1 Å². The fourth-order valence-electron chi connectivity index (χ4n) is 3.87. The van der Waals surface area contributed by atoms with Crippen LogP contribution in [0.4, 0.5) is 0 Å². The van der Waals surface area contributed by atoms with E-state index < -0.39 is 0 Å². The minimum absolute atomic E-state index is 0.349. The van der Waals surface area contributed by atoms with Gasteiger partial charge in [-0.1, -0.05) is 48.9 Å². The zero-order chi connectivity index (χ0) is 22.1. The normalized spacial score (nSPS) is 11.1. The van der Waals surface area contributed by atoms with E-state index in [4.69, 9.17) is 26.3 Å². The molecule has 2 aromatic heterocycles. The molecular formula is C25H24ClN3O2. The number of aryl methyl sites for hydroxylation is 3. The monoisotopic (exact) mass is 433 g/mol. The number of halogens is 1. The van der Waals surface area contributed by atoms with E-state index in [1.807, 2.05) is 56.3 Å². The number of pyridine rings is 1. The minimum Gasteiger partial charge on any atom is -0.465 e. The van der Waals surface area contributed by atoms with Gasteiger partial charge in [0.15, 0.2) is 5.65 Å². The summed E-state index contributed by atoms with van der Waals surface area (Å²) in [5.74, 6) is 0.606. The lowest BCUT2D eigenvalue weighted by Gasteiger charge is -2.12. The van der Waals surface area contributed by atoms with E-state index in [-0.39, 0.29) is 5.97 Å². The molecule has 0 fully saturated rings. The molecule has 0 N–H and O–H groups in total. The number of aromatic nitrogens is 3. The van der Waals surface area contributed by atoms with Gasteiger partial charge in [-0.25, -0.2) is 14.8 Å². The molecule has 6 heteroatoms. The molecule has 0 atom stereocenters. The number of carbonyl (C=O) groups excluding carboxylic acids is 1. The maximum Gasteiger partial charge on any atom is 0.338 e. The molecule has 31 heavy (non-hydrogen) atoms. The summed E-state index contributed by atoms with van der Waals surface area (Å²) < 4.78 is 7.04. The molecule has 0 aliphatic heterocycles. The van der Waals surface area contributed by atoms with Gasteiger partial charge in [-0.3, -0.25) is 4.57 Å². The Balaban J connectivity index is 1.85. The van der Waals surface area contributed by atoms with E-state index in [0.29, 0.717) is 10.6 Å². The largest absolute Gasteiger partial charge is 0.465 e. The Kier molecular flexibility index (Phi) is 5.79. The van der Waals surface area contributed by atoms with Crippen LogP contribution in [0.15, 0.2) is 48.5 Å². The van der Waals surface area contributed by atoms with Crippen LogP contribution < -0.4 is 0 Å². The van der Waals surface area contributed by atoms with Crippen LogP contribution in [0.1, 0.15) is 40.8 Å². The van der Waals surface area contributed by atoms with Crippen molar-refractivity contribution in [2.24, 2.45) is 0 Å². The Hall–Kier alpha value is -3.18. The quantitative estimate of drug-likeness (QED) is 0.357. The second-order valence-corrected chi connectivity index (χ2v) is 7.88. The van der Waals surface area contributed by atoms with Crippen LogP contribution in [0.3, 0.4) is 0 Å². The van der Waals surface area contributed by atoms with Crippen LogP contribution in [0.2, 0.25) is 5.02 Å². The highest BCUT2D eigenvalue weighted by Gasteiger charge is 2.18. The number of hydrogen-bond donors (Lipinski definition) is 0. The highest BCUT2D eigenvalue weighted by Crippen LogP contribution is 2.31. The Morgan fingerprint density at radius 2 is 1.77 bits per heavy atom. The van der Waals surface area contributed by atoms with Gasteiger partial charge in [0.2, 0.25) is 0 Å². The smallest absolute Gasteiger partial charge is 0.338 e. The Bertz CT molecular complexity index is 1280.